The van der Waals surface area contributed by atoms with Gasteiger partial charge in [0.05, 0.1) is 31.2 Å². The molecule has 0 radical (unpaired) electrons. The first-order valence-electron chi connectivity index (χ1n) is 17.7. The number of hydrogen-bond acceptors (Lipinski definition) is 14. The monoisotopic (exact) mass is 764 g/mol. The number of ether oxygens (including phenoxy) is 3. The van der Waals surface area contributed by atoms with Crippen LogP contribution < -0.4 is 29.5 Å². The SMILES string of the molecule is COC(=O)[C@]1([C@@H](O)[C@@H]2C=CCCC2)NC(=O)[C@H](CCO)[C@]1(C)O.C[C@@]12OC(=O)[C@@]1([C@@H](O)[C@@H]1C=CCCC1)NC(=O)[C@@H]2CCCl.N#N.OC1CCCO1.[H-].[Li+]. The summed E-state index contributed by atoms with van der Waals surface area (Å²) in [6, 6.07) is 0. The number of nitrogens with zero attached hydrogens (tertiary/aromatic N) is 2. The number of allylic oxidation sites excluding steroid dienone is 2. The largest absolute Gasteiger partial charge is 1.00 e. The molecule has 0 bridgehead atoms. The van der Waals surface area contributed by atoms with Crippen molar-refractivity contribution in [1.29, 1.82) is 10.8 Å². The summed E-state index contributed by atoms with van der Waals surface area (Å²) in [6.45, 7) is 3.48. The van der Waals surface area contributed by atoms with E-state index in [1.165, 1.54) is 6.92 Å². The summed E-state index contributed by atoms with van der Waals surface area (Å²) in [5, 5.41) is 67.5. The minimum absolute atomic E-state index is 0. The molecule has 6 aliphatic rings. The van der Waals surface area contributed by atoms with E-state index in [4.69, 9.17) is 46.8 Å². The zero-order chi connectivity index (χ0) is 38.9. The topological polar surface area (TPSA) is 269 Å². The molecule has 4 saturated heterocycles. The third-order valence-corrected chi connectivity index (χ3v) is 11.6. The predicted octanol–water partition coefficient (Wildman–Crippen LogP) is -2.11. The normalized spacial score (nSPS) is 37.5. The molecular formula is C35H54ClLiN4O12. The van der Waals surface area contributed by atoms with Crippen molar-refractivity contribution in [2.75, 3.05) is 26.2 Å². The van der Waals surface area contributed by atoms with E-state index < -0.39 is 70.5 Å². The number of hydrogen-bond donors (Lipinski definition) is 7. The molecule has 0 saturated carbocycles. The molecule has 0 spiro atoms. The summed E-state index contributed by atoms with van der Waals surface area (Å²) in [7, 11) is 1.15. The van der Waals surface area contributed by atoms with E-state index in [1.54, 1.807) is 13.0 Å². The molecule has 4 heterocycles. The number of nitrogens with one attached hydrogen (secondary N) is 2. The third kappa shape index (κ3) is 8.64. The average molecular weight is 765 g/mol. The standard InChI is InChI=1S/C16H25NO6.C15H20ClNO4.C4H8O2.Li.N2.H/c1-15(22)11(8-9-18)13(20)17-16(15,14(21)23-2)12(19)10-6-4-3-5-7-10;1-14-10(7-8-16)12(19)17-15(14,13(20)21-14)11(18)9-5-3-2-4-6-9;5-4-2-1-3-6-4;;1-2;/h4,6,10-12,18-19,22H,3,5,7-9H2,1-2H3,(H,17,20);3,5,9-11,18H,2,4,6-8H2,1H3,(H,17,19);4-5H,1-3H2;;;/q;;;+1;;-1/t10-,11+,12+,15+,16+;9-,10+,11+,14+,15-;;;;/m11..../s1. The maximum absolute atomic E-state index is 12.5. The third-order valence-electron chi connectivity index (χ3n) is 11.3. The van der Waals surface area contributed by atoms with Gasteiger partial charge in [0, 0.05) is 48.1 Å². The van der Waals surface area contributed by atoms with Crippen LogP contribution in [0, 0.1) is 34.5 Å². The predicted molar refractivity (Wildman–Crippen MR) is 184 cm³/mol. The molecule has 6 rings (SSSR count). The first kappa shape index (κ1) is 46.6. The summed E-state index contributed by atoms with van der Waals surface area (Å²) in [5.41, 5.74) is -6.18. The fourth-order valence-electron chi connectivity index (χ4n) is 8.36. The van der Waals surface area contributed by atoms with E-state index in [0.717, 1.165) is 58.7 Å². The number of methoxy groups -OCH3 is 1. The Hall–Kier alpha value is -2.57. The van der Waals surface area contributed by atoms with Crippen molar-refractivity contribution in [2.24, 2.45) is 23.7 Å². The number of aliphatic hydroxyl groups is 5. The summed E-state index contributed by atoms with van der Waals surface area (Å²) < 4.78 is 14.8. The Labute approximate surface area is 328 Å². The van der Waals surface area contributed by atoms with Gasteiger partial charge >= 0.3 is 30.8 Å². The molecule has 2 amide bonds. The fourth-order valence-corrected chi connectivity index (χ4v) is 8.58. The quantitative estimate of drug-likeness (QED) is 0.0436. The van der Waals surface area contributed by atoms with E-state index in [1.807, 2.05) is 18.2 Å². The van der Waals surface area contributed by atoms with E-state index >= 15 is 0 Å². The van der Waals surface area contributed by atoms with Crippen LogP contribution >= 0.6 is 11.6 Å². The molecule has 18 heteroatoms. The molecule has 2 aliphatic carbocycles. The molecule has 7 N–H and O–H groups in total. The average Bonchev–Trinajstić information content (AvgIpc) is 3.76. The smallest absolute Gasteiger partial charge is 1.00 e. The Morgan fingerprint density at radius 1 is 0.981 bits per heavy atom. The summed E-state index contributed by atoms with van der Waals surface area (Å²) in [5.74, 6) is -3.98. The zero-order valence-electron chi connectivity index (χ0n) is 31.9. The molecule has 11 atom stereocenters. The Morgan fingerprint density at radius 2 is 1.55 bits per heavy atom. The van der Waals surface area contributed by atoms with Crippen LogP contribution in [0.3, 0.4) is 0 Å². The molecule has 294 valence electrons. The second-order valence-corrected chi connectivity index (χ2v) is 14.6. The Bertz CT molecular complexity index is 1370. The van der Waals surface area contributed by atoms with Crippen LogP contribution in [-0.2, 0) is 33.4 Å². The van der Waals surface area contributed by atoms with Gasteiger partial charge in [-0.05, 0) is 71.6 Å². The van der Waals surface area contributed by atoms with Gasteiger partial charge in [0.1, 0.15) is 5.60 Å². The van der Waals surface area contributed by atoms with Crippen molar-refractivity contribution < 1.29 is 79.2 Å². The number of amides is 2. The molecular weight excluding hydrogens is 711 g/mol. The summed E-state index contributed by atoms with van der Waals surface area (Å²) >= 11 is 5.76. The van der Waals surface area contributed by atoms with E-state index in [-0.39, 0.29) is 51.1 Å². The van der Waals surface area contributed by atoms with Gasteiger partial charge in [-0.3, -0.25) is 9.59 Å². The van der Waals surface area contributed by atoms with Crippen LogP contribution in [0.15, 0.2) is 24.3 Å². The Kier molecular flexibility index (Phi) is 17.4. The number of esters is 2. The molecule has 0 aromatic carbocycles. The minimum Gasteiger partial charge on any atom is -1.00 e. The molecule has 4 fully saturated rings. The van der Waals surface area contributed by atoms with Crippen LogP contribution in [0.4, 0.5) is 0 Å². The van der Waals surface area contributed by atoms with Crippen LogP contribution in [-0.4, -0.2) is 116 Å². The molecule has 0 aromatic heterocycles. The van der Waals surface area contributed by atoms with Crippen LogP contribution in [0.1, 0.15) is 79.5 Å². The number of fused-ring (bicyclic) bond motifs is 1. The number of aliphatic hydroxyl groups excluding tert-OH is 4. The van der Waals surface area contributed by atoms with Gasteiger partial charge in [-0.25, -0.2) is 9.59 Å². The van der Waals surface area contributed by atoms with Gasteiger partial charge in [0.2, 0.25) is 17.4 Å². The molecule has 16 nitrogen and oxygen atoms in total. The summed E-state index contributed by atoms with van der Waals surface area (Å²) in [6.07, 6.45) is 12.3. The van der Waals surface area contributed by atoms with Crippen molar-refractivity contribution in [1.82, 2.24) is 10.6 Å². The maximum atomic E-state index is 12.5. The van der Waals surface area contributed by atoms with Gasteiger partial charge < -0.3 is 51.8 Å². The van der Waals surface area contributed by atoms with Crippen LogP contribution in [0.25, 0.3) is 0 Å². The van der Waals surface area contributed by atoms with Gasteiger partial charge in [-0.2, -0.15) is 0 Å². The van der Waals surface area contributed by atoms with Gasteiger partial charge in [-0.1, -0.05) is 24.3 Å². The van der Waals surface area contributed by atoms with Crippen molar-refractivity contribution in [3.8, 4) is 0 Å². The van der Waals surface area contributed by atoms with Crippen LogP contribution in [0.5, 0.6) is 0 Å². The first-order valence-corrected chi connectivity index (χ1v) is 18.3. The summed E-state index contributed by atoms with van der Waals surface area (Å²) in [4.78, 5) is 49.2. The van der Waals surface area contributed by atoms with Crippen LogP contribution in [0.2, 0.25) is 0 Å². The van der Waals surface area contributed by atoms with Crippen molar-refractivity contribution in [2.45, 2.75) is 119 Å². The molecule has 53 heavy (non-hydrogen) atoms. The number of carbonyl (C=O) groups excluding carboxylic acids is 4. The van der Waals surface area contributed by atoms with E-state index in [0.29, 0.717) is 18.7 Å². The number of halogens is 1. The van der Waals surface area contributed by atoms with Gasteiger partial charge in [-0.15, -0.1) is 11.6 Å². The van der Waals surface area contributed by atoms with E-state index in [9.17, 15) is 34.5 Å². The second-order valence-electron chi connectivity index (χ2n) is 14.2. The van der Waals surface area contributed by atoms with Crippen molar-refractivity contribution in [3.63, 3.8) is 0 Å². The number of alkyl halides is 1. The van der Waals surface area contributed by atoms with E-state index in [2.05, 4.69) is 10.6 Å². The first-order chi connectivity index (χ1) is 24.7. The van der Waals surface area contributed by atoms with Crippen molar-refractivity contribution >= 4 is 35.4 Å². The Morgan fingerprint density at radius 3 is 1.96 bits per heavy atom. The maximum Gasteiger partial charge on any atom is 1.00 e. The molecule has 0 aromatic rings. The molecule has 1 unspecified atom stereocenters. The second kappa shape index (κ2) is 19.8. The fraction of sp³-hybridized carbons (Fsp3) is 0.771. The van der Waals surface area contributed by atoms with Gasteiger partial charge in [0.25, 0.3) is 0 Å². The van der Waals surface area contributed by atoms with Gasteiger partial charge in [0.15, 0.2) is 17.4 Å². The molecule has 4 aliphatic heterocycles. The minimum atomic E-state index is -1.95. The Balaban J connectivity index is 0.000000436. The number of carbonyl (C=O) groups is 4. The van der Waals surface area contributed by atoms with Crippen molar-refractivity contribution in [3.05, 3.63) is 24.3 Å². The zero-order valence-corrected chi connectivity index (χ0v) is 31.7. The number of rotatable bonds is 9.